The summed E-state index contributed by atoms with van der Waals surface area (Å²) < 4.78 is 49.7. The number of nitrogens with zero attached hydrogens (tertiary/aromatic N) is 1. The van der Waals surface area contributed by atoms with E-state index in [4.69, 9.17) is 21.1 Å². The topological polar surface area (TPSA) is 67.9 Å². The van der Waals surface area contributed by atoms with Crippen molar-refractivity contribution < 1.29 is 32.2 Å². The Kier molecular flexibility index (Phi) is 7.50. The zero-order valence-electron chi connectivity index (χ0n) is 17.2. The molecule has 0 radical (unpaired) electrons. The third kappa shape index (κ3) is 6.29. The van der Waals surface area contributed by atoms with Gasteiger partial charge in [0.05, 0.1) is 17.7 Å². The van der Waals surface area contributed by atoms with Gasteiger partial charge in [0.1, 0.15) is 0 Å². The lowest BCUT2D eigenvalue weighted by Gasteiger charge is -2.22. The minimum Gasteiger partial charge on any atom is -0.493 e. The van der Waals surface area contributed by atoms with Crippen LogP contribution in [0.15, 0.2) is 42.5 Å². The molecule has 0 saturated heterocycles. The number of hydrogen-bond acceptors (Lipinski definition) is 4. The van der Waals surface area contributed by atoms with Gasteiger partial charge in [0.25, 0.3) is 5.91 Å². The third-order valence-electron chi connectivity index (χ3n) is 4.86. The van der Waals surface area contributed by atoms with Crippen LogP contribution in [0.5, 0.6) is 11.5 Å². The molecule has 1 saturated carbocycles. The molecule has 1 fully saturated rings. The first-order valence-corrected chi connectivity index (χ1v) is 10.3. The molecule has 2 aromatic carbocycles. The van der Waals surface area contributed by atoms with Gasteiger partial charge < -0.3 is 19.7 Å². The molecule has 0 aromatic heterocycles. The Morgan fingerprint density at radius 2 is 1.84 bits per heavy atom. The number of rotatable bonds is 9. The fourth-order valence-corrected chi connectivity index (χ4v) is 3.35. The highest BCUT2D eigenvalue weighted by atomic mass is 35.5. The molecule has 6 nitrogen and oxygen atoms in total. The van der Waals surface area contributed by atoms with E-state index in [1.807, 2.05) is 0 Å². The summed E-state index contributed by atoms with van der Waals surface area (Å²) >= 11 is 5.59. The lowest BCUT2D eigenvalue weighted by molar-refractivity contribution is -0.137. The van der Waals surface area contributed by atoms with Crippen LogP contribution in [0.4, 0.5) is 18.9 Å². The number of hydrogen-bond donors (Lipinski definition) is 1. The summed E-state index contributed by atoms with van der Waals surface area (Å²) in [7, 11) is 1.50. The average molecular weight is 471 g/mol. The molecule has 172 valence electrons. The van der Waals surface area contributed by atoms with Crippen LogP contribution in [-0.2, 0) is 15.8 Å². The summed E-state index contributed by atoms with van der Waals surface area (Å²) in [5.41, 5.74) is -1.05. The summed E-state index contributed by atoms with van der Waals surface area (Å²) in [6.45, 7) is -0.0883. The summed E-state index contributed by atoms with van der Waals surface area (Å²) in [6, 6.07) is 10.1. The molecule has 2 amide bonds. The molecular formula is C22H22ClF3N2O4. The van der Waals surface area contributed by atoms with Gasteiger partial charge in [0.2, 0.25) is 5.91 Å². The zero-order chi connectivity index (χ0) is 23.3. The lowest BCUT2D eigenvalue weighted by Crippen LogP contribution is -2.38. The highest BCUT2D eigenvalue weighted by Gasteiger charge is 2.34. The van der Waals surface area contributed by atoms with E-state index in [0.29, 0.717) is 11.5 Å². The number of carbonyl (C=O) groups is 2. The molecule has 0 atom stereocenters. The quantitative estimate of drug-likeness (QED) is 0.573. The van der Waals surface area contributed by atoms with Crippen LogP contribution in [-0.4, -0.2) is 43.0 Å². The molecule has 3 rings (SSSR count). The number of anilines is 1. The molecule has 32 heavy (non-hydrogen) atoms. The van der Waals surface area contributed by atoms with Crippen LogP contribution in [0.3, 0.4) is 0 Å². The smallest absolute Gasteiger partial charge is 0.417 e. The lowest BCUT2D eigenvalue weighted by atomic mass is 10.2. The van der Waals surface area contributed by atoms with Crippen LogP contribution in [0.25, 0.3) is 0 Å². The third-order valence-corrected chi connectivity index (χ3v) is 5.19. The van der Waals surface area contributed by atoms with E-state index in [-0.39, 0.29) is 37.2 Å². The van der Waals surface area contributed by atoms with Gasteiger partial charge in [-0.25, -0.2) is 0 Å². The predicted octanol–water partition coefficient (Wildman–Crippen LogP) is 4.77. The van der Waals surface area contributed by atoms with Crippen molar-refractivity contribution in [1.82, 2.24) is 4.90 Å². The Morgan fingerprint density at radius 1 is 1.16 bits per heavy atom. The number of carbonyl (C=O) groups excluding carboxylic acids is 2. The first kappa shape index (κ1) is 23.7. The monoisotopic (exact) mass is 470 g/mol. The van der Waals surface area contributed by atoms with Gasteiger partial charge >= 0.3 is 6.18 Å². The first-order chi connectivity index (χ1) is 15.2. The van der Waals surface area contributed by atoms with Gasteiger partial charge in [-0.2, -0.15) is 13.2 Å². The van der Waals surface area contributed by atoms with Crippen molar-refractivity contribution in [2.24, 2.45) is 0 Å². The van der Waals surface area contributed by atoms with Gasteiger partial charge in [-0.05, 0) is 43.2 Å². The van der Waals surface area contributed by atoms with Gasteiger partial charge in [-0.15, -0.1) is 0 Å². The fourth-order valence-electron chi connectivity index (χ4n) is 3.12. The molecule has 1 aliphatic carbocycles. The maximum absolute atomic E-state index is 13.0. The summed E-state index contributed by atoms with van der Waals surface area (Å²) in [4.78, 5) is 26.5. The van der Waals surface area contributed by atoms with Gasteiger partial charge in [0, 0.05) is 24.7 Å². The second-order valence-electron chi connectivity index (χ2n) is 7.25. The van der Waals surface area contributed by atoms with Crippen molar-refractivity contribution in [3.05, 3.63) is 53.1 Å². The Morgan fingerprint density at radius 3 is 2.47 bits per heavy atom. The van der Waals surface area contributed by atoms with Crippen molar-refractivity contribution >= 4 is 29.1 Å². The summed E-state index contributed by atoms with van der Waals surface area (Å²) in [5, 5.41) is 1.98. The van der Waals surface area contributed by atoms with Crippen molar-refractivity contribution in [2.45, 2.75) is 31.5 Å². The Hall–Kier alpha value is -2.94. The molecule has 0 spiro atoms. The Labute approximate surface area is 188 Å². The van der Waals surface area contributed by atoms with Crippen LogP contribution >= 0.6 is 11.6 Å². The number of amides is 2. The molecule has 1 N–H and O–H groups in total. The van der Waals surface area contributed by atoms with E-state index in [9.17, 15) is 22.8 Å². The SMILES string of the molecule is COc1ccccc1OCC(=O)N(CCC(=O)Nc1ccc(Cl)c(C(F)(F)F)c1)C1CC1. The standard InChI is InChI=1S/C22H22ClF3N2O4/c1-31-18-4-2-3-5-19(18)32-13-21(30)28(15-7-8-15)11-10-20(29)27-14-6-9-17(23)16(12-14)22(24,25)26/h2-6,9,12,15H,7-8,10-11,13H2,1H3,(H,27,29). The van der Waals surface area contributed by atoms with E-state index < -0.39 is 22.7 Å². The summed E-state index contributed by atoms with van der Waals surface area (Å²) in [6.07, 6.45) is -3.04. The van der Waals surface area contributed by atoms with Crippen LogP contribution in [0.1, 0.15) is 24.8 Å². The molecule has 10 heteroatoms. The maximum atomic E-state index is 13.0. The van der Waals surface area contributed by atoms with Gasteiger partial charge in [-0.1, -0.05) is 23.7 Å². The number of ether oxygens (including phenoxy) is 2. The number of para-hydroxylation sites is 2. The normalized spacial score (nSPS) is 13.4. The molecule has 2 aromatic rings. The van der Waals surface area contributed by atoms with E-state index in [1.54, 1.807) is 29.2 Å². The van der Waals surface area contributed by atoms with Gasteiger partial charge in [-0.3, -0.25) is 9.59 Å². The molecule has 0 aliphatic heterocycles. The van der Waals surface area contributed by atoms with Crippen molar-refractivity contribution in [3.63, 3.8) is 0 Å². The average Bonchev–Trinajstić information content (AvgIpc) is 3.58. The number of benzene rings is 2. The first-order valence-electron chi connectivity index (χ1n) is 9.91. The predicted molar refractivity (Wildman–Crippen MR) is 113 cm³/mol. The second-order valence-corrected chi connectivity index (χ2v) is 7.66. The number of alkyl halides is 3. The molecule has 0 unspecified atom stereocenters. The molecule has 0 heterocycles. The molecule has 1 aliphatic rings. The summed E-state index contributed by atoms with van der Waals surface area (Å²) in [5.74, 6) is 0.139. The highest BCUT2D eigenvalue weighted by molar-refractivity contribution is 6.31. The molecular weight excluding hydrogens is 449 g/mol. The van der Waals surface area contributed by atoms with Crippen molar-refractivity contribution in [1.29, 1.82) is 0 Å². The van der Waals surface area contributed by atoms with E-state index in [1.165, 1.54) is 13.2 Å². The van der Waals surface area contributed by atoms with Crippen LogP contribution < -0.4 is 14.8 Å². The largest absolute Gasteiger partial charge is 0.493 e. The van der Waals surface area contributed by atoms with Crippen molar-refractivity contribution in [2.75, 3.05) is 25.6 Å². The van der Waals surface area contributed by atoms with E-state index in [0.717, 1.165) is 25.0 Å². The highest BCUT2D eigenvalue weighted by Crippen LogP contribution is 2.36. The minimum absolute atomic E-state index is 0.0180. The van der Waals surface area contributed by atoms with Crippen LogP contribution in [0, 0.1) is 0 Å². The van der Waals surface area contributed by atoms with Crippen molar-refractivity contribution in [3.8, 4) is 11.5 Å². The number of halogens is 4. The van der Waals surface area contributed by atoms with E-state index in [2.05, 4.69) is 5.32 Å². The number of nitrogens with one attached hydrogen (secondary N) is 1. The van der Waals surface area contributed by atoms with Crippen LogP contribution in [0.2, 0.25) is 5.02 Å². The van der Waals surface area contributed by atoms with E-state index >= 15 is 0 Å². The minimum atomic E-state index is -4.63. The Bertz CT molecular complexity index is 980. The number of methoxy groups -OCH3 is 1. The fraction of sp³-hybridized carbons (Fsp3) is 0.364. The zero-order valence-corrected chi connectivity index (χ0v) is 18.0. The maximum Gasteiger partial charge on any atom is 0.417 e. The Balaban J connectivity index is 1.55. The molecule has 0 bridgehead atoms. The second kappa shape index (κ2) is 10.1. The van der Waals surface area contributed by atoms with Gasteiger partial charge in [0.15, 0.2) is 18.1 Å².